The minimum absolute atomic E-state index is 0.212. The number of hydrogen-bond donors (Lipinski definition) is 0. The number of imide groups is 1. The second kappa shape index (κ2) is 8.92. The van der Waals surface area contributed by atoms with Crippen LogP contribution in [0.2, 0.25) is 0 Å². The highest BCUT2D eigenvalue weighted by Crippen LogP contribution is 2.35. The van der Waals surface area contributed by atoms with Gasteiger partial charge in [-0.2, -0.15) is 0 Å². The molecule has 0 saturated carbocycles. The number of hydrogen-bond acceptors (Lipinski definition) is 6. The zero-order chi connectivity index (χ0) is 21.1. The molecule has 2 amide bonds. The molecule has 1 saturated heterocycles. The lowest BCUT2D eigenvalue weighted by Crippen LogP contribution is -2.39. The number of rotatable bonds is 7. The normalized spacial score (nSPS) is 17.8. The lowest BCUT2D eigenvalue weighted by atomic mass is 9.98. The molecule has 6 nitrogen and oxygen atoms in total. The summed E-state index contributed by atoms with van der Waals surface area (Å²) >= 11 is 1.49. The maximum atomic E-state index is 13.3. The molecule has 0 spiro atoms. The Morgan fingerprint density at radius 2 is 1.73 bits per heavy atom. The standard InChI is InChI=1S/C23H26N2O4S/c1-16-9-11-24(12-10-16)21-20(19-4-3-15-30-19)22(26)25(23(21)27)13-14-29-18-7-5-17(28-2)6-8-18/h3-8,15-16H,9-14H2,1-2H3. The van der Waals surface area contributed by atoms with Crippen LogP contribution in [0.15, 0.2) is 47.5 Å². The Hall–Kier alpha value is -2.80. The number of ether oxygens (including phenoxy) is 2. The second-order valence-corrected chi connectivity index (χ2v) is 8.60. The van der Waals surface area contributed by atoms with E-state index in [1.54, 1.807) is 7.11 Å². The molecule has 0 aliphatic carbocycles. The third kappa shape index (κ3) is 4.07. The van der Waals surface area contributed by atoms with E-state index in [1.165, 1.54) is 16.2 Å². The van der Waals surface area contributed by atoms with E-state index in [0.29, 0.717) is 22.9 Å². The van der Waals surface area contributed by atoms with E-state index in [2.05, 4.69) is 11.8 Å². The van der Waals surface area contributed by atoms with Crippen LogP contribution in [0.25, 0.3) is 5.57 Å². The van der Waals surface area contributed by atoms with Crippen molar-refractivity contribution in [2.45, 2.75) is 19.8 Å². The van der Waals surface area contributed by atoms with Crippen molar-refractivity contribution in [3.8, 4) is 11.5 Å². The topological polar surface area (TPSA) is 59.1 Å². The lowest BCUT2D eigenvalue weighted by molar-refractivity contribution is -0.138. The van der Waals surface area contributed by atoms with Gasteiger partial charge in [0, 0.05) is 18.0 Å². The highest BCUT2D eigenvalue weighted by Gasteiger charge is 2.42. The number of piperidine rings is 1. The molecule has 0 radical (unpaired) electrons. The molecule has 2 aromatic rings. The fourth-order valence-electron chi connectivity index (χ4n) is 3.86. The molecular formula is C23H26N2O4S. The highest BCUT2D eigenvalue weighted by molar-refractivity contribution is 7.11. The molecule has 4 rings (SSSR count). The van der Waals surface area contributed by atoms with Gasteiger partial charge in [0.15, 0.2) is 0 Å². The minimum Gasteiger partial charge on any atom is -0.497 e. The van der Waals surface area contributed by atoms with Gasteiger partial charge in [-0.3, -0.25) is 14.5 Å². The van der Waals surface area contributed by atoms with E-state index < -0.39 is 0 Å². The molecule has 0 unspecified atom stereocenters. The smallest absolute Gasteiger partial charge is 0.278 e. The van der Waals surface area contributed by atoms with Gasteiger partial charge in [0.05, 0.1) is 19.2 Å². The van der Waals surface area contributed by atoms with E-state index in [9.17, 15) is 9.59 Å². The summed E-state index contributed by atoms with van der Waals surface area (Å²) in [7, 11) is 1.61. The quantitative estimate of drug-likeness (QED) is 0.633. The number of methoxy groups -OCH3 is 1. The maximum Gasteiger partial charge on any atom is 0.278 e. The van der Waals surface area contributed by atoms with Crippen LogP contribution in [-0.2, 0) is 9.59 Å². The summed E-state index contributed by atoms with van der Waals surface area (Å²) in [6.07, 6.45) is 2.06. The first-order chi connectivity index (χ1) is 14.6. The van der Waals surface area contributed by atoms with E-state index in [0.717, 1.165) is 36.6 Å². The van der Waals surface area contributed by atoms with Gasteiger partial charge in [0.2, 0.25) is 0 Å². The molecule has 2 aliphatic rings. The zero-order valence-corrected chi connectivity index (χ0v) is 18.1. The summed E-state index contributed by atoms with van der Waals surface area (Å²) in [5.74, 6) is 1.63. The first kappa shape index (κ1) is 20.5. The first-order valence-electron chi connectivity index (χ1n) is 10.2. The Balaban J connectivity index is 1.49. The van der Waals surface area contributed by atoms with E-state index in [4.69, 9.17) is 9.47 Å². The van der Waals surface area contributed by atoms with Crippen LogP contribution in [0.4, 0.5) is 0 Å². The van der Waals surface area contributed by atoms with Gasteiger partial charge in [-0.25, -0.2) is 0 Å². The van der Waals surface area contributed by atoms with Crippen LogP contribution >= 0.6 is 11.3 Å². The van der Waals surface area contributed by atoms with Crippen LogP contribution in [0.1, 0.15) is 24.6 Å². The third-order valence-electron chi connectivity index (χ3n) is 5.65. The average molecular weight is 427 g/mol. The summed E-state index contributed by atoms with van der Waals surface area (Å²) in [4.78, 5) is 30.7. The monoisotopic (exact) mass is 426 g/mol. The SMILES string of the molecule is COc1ccc(OCCN2C(=O)C(c3cccs3)=C(N3CCC(C)CC3)C2=O)cc1. The van der Waals surface area contributed by atoms with Gasteiger partial charge in [0.1, 0.15) is 23.8 Å². The van der Waals surface area contributed by atoms with Crippen LogP contribution in [0.3, 0.4) is 0 Å². The Kier molecular flexibility index (Phi) is 6.08. The van der Waals surface area contributed by atoms with Crippen molar-refractivity contribution in [3.05, 3.63) is 52.4 Å². The molecule has 3 heterocycles. The average Bonchev–Trinajstić information content (AvgIpc) is 3.37. The van der Waals surface area contributed by atoms with Gasteiger partial charge in [-0.05, 0) is 54.5 Å². The Morgan fingerprint density at radius 1 is 1.03 bits per heavy atom. The molecule has 158 valence electrons. The first-order valence-corrected chi connectivity index (χ1v) is 11.1. The number of likely N-dealkylation sites (tertiary alicyclic amines) is 1. The van der Waals surface area contributed by atoms with Crippen LogP contribution in [0, 0.1) is 5.92 Å². The Morgan fingerprint density at radius 3 is 2.37 bits per heavy atom. The fraction of sp³-hybridized carbons (Fsp3) is 0.391. The predicted octanol–water partition coefficient (Wildman–Crippen LogP) is 3.65. The molecule has 1 aromatic heterocycles. The number of thiophene rings is 1. The molecule has 0 N–H and O–H groups in total. The van der Waals surface area contributed by atoms with Crippen molar-refractivity contribution in [2.24, 2.45) is 5.92 Å². The van der Waals surface area contributed by atoms with Crippen molar-refractivity contribution in [1.29, 1.82) is 0 Å². The molecule has 1 fully saturated rings. The Bertz CT molecular complexity index is 929. The van der Waals surface area contributed by atoms with Crippen molar-refractivity contribution in [2.75, 3.05) is 33.4 Å². The molecule has 30 heavy (non-hydrogen) atoms. The van der Waals surface area contributed by atoms with E-state index >= 15 is 0 Å². The molecular weight excluding hydrogens is 400 g/mol. The largest absolute Gasteiger partial charge is 0.497 e. The summed E-state index contributed by atoms with van der Waals surface area (Å²) < 4.78 is 10.9. The van der Waals surface area contributed by atoms with Crippen LogP contribution < -0.4 is 9.47 Å². The summed E-state index contributed by atoms with van der Waals surface area (Å²) in [6, 6.07) is 11.1. The lowest BCUT2D eigenvalue weighted by Gasteiger charge is -2.32. The van der Waals surface area contributed by atoms with Crippen LogP contribution in [0.5, 0.6) is 11.5 Å². The fourth-order valence-corrected chi connectivity index (χ4v) is 4.62. The van der Waals surface area contributed by atoms with Crippen molar-refractivity contribution in [3.63, 3.8) is 0 Å². The highest BCUT2D eigenvalue weighted by atomic mass is 32.1. The Labute approximate surface area is 180 Å². The van der Waals surface area contributed by atoms with Gasteiger partial charge in [0.25, 0.3) is 11.8 Å². The van der Waals surface area contributed by atoms with Gasteiger partial charge < -0.3 is 14.4 Å². The molecule has 1 aromatic carbocycles. The van der Waals surface area contributed by atoms with Gasteiger partial charge >= 0.3 is 0 Å². The predicted molar refractivity (Wildman–Crippen MR) is 116 cm³/mol. The maximum absolute atomic E-state index is 13.3. The van der Waals surface area contributed by atoms with E-state index in [1.807, 2.05) is 41.8 Å². The third-order valence-corrected chi connectivity index (χ3v) is 6.54. The van der Waals surface area contributed by atoms with Gasteiger partial charge in [-0.15, -0.1) is 11.3 Å². The van der Waals surface area contributed by atoms with Crippen LogP contribution in [-0.4, -0.2) is 55.0 Å². The molecule has 0 bridgehead atoms. The molecule has 2 aliphatic heterocycles. The number of amides is 2. The van der Waals surface area contributed by atoms with Crippen molar-refractivity contribution in [1.82, 2.24) is 9.80 Å². The zero-order valence-electron chi connectivity index (χ0n) is 17.3. The molecule has 7 heteroatoms. The van der Waals surface area contributed by atoms with E-state index in [-0.39, 0.29) is 25.0 Å². The number of benzene rings is 1. The van der Waals surface area contributed by atoms with Crippen molar-refractivity contribution >= 4 is 28.7 Å². The summed E-state index contributed by atoms with van der Waals surface area (Å²) in [6.45, 7) is 4.30. The minimum atomic E-state index is -0.227. The summed E-state index contributed by atoms with van der Waals surface area (Å²) in [5.41, 5.74) is 1.09. The summed E-state index contributed by atoms with van der Waals surface area (Å²) in [5, 5.41) is 1.94. The van der Waals surface area contributed by atoms with Crippen molar-refractivity contribution < 1.29 is 19.1 Å². The molecule has 0 atom stereocenters. The number of carbonyl (C=O) groups is 2. The number of nitrogens with zero attached hydrogens (tertiary/aromatic N) is 2. The second-order valence-electron chi connectivity index (χ2n) is 7.66. The van der Waals surface area contributed by atoms with Gasteiger partial charge in [-0.1, -0.05) is 13.0 Å². The number of carbonyl (C=O) groups excluding carboxylic acids is 2.